The summed E-state index contributed by atoms with van der Waals surface area (Å²) in [6.45, 7) is 3.65. The maximum absolute atomic E-state index is 10.3. The topological polar surface area (TPSA) is 17.1 Å². The number of hydrogen-bond acceptors (Lipinski definition) is 1. The molecule has 0 bridgehead atoms. The van der Waals surface area contributed by atoms with Crippen LogP contribution in [0.4, 0.5) is 0 Å². The second kappa shape index (κ2) is 4.82. The Labute approximate surface area is 51.1 Å². The normalized spacial score (nSPS) is 9.25. The Morgan fingerprint density at radius 3 is 2.62 bits per heavy atom. The van der Waals surface area contributed by atoms with E-state index in [1.54, 1.807) is 6.92 Å². The fourth-order valence-corrected chi connectivity index (χ4v) is 0.555. The predicted molar refractivity (Wildman–Crippen MR) is 34.5 cm³/mol. The van der Waals surface area contributed by atoms with Gasteiger partial charge in [0.05, 0.1) is 0 Å². The first-order valence-corrected chi connectivity index (χ1v) is 3.04. The average Bonchev–Trinajstić information content (AvgIpc) is 1.66. The molecular formula is C7H13O. The molecule has 0 unspecified atom stereocenters. The molecule has 0 aliphatic carbocycles. The van der Waals surface area contributed by atoms with Gasteiger partial charge in [-0.1, -0.05) is 13.3 Å². The van der Waals surface area contributed by atoms with Crippen molar-refractivity contribution in [1.82, 2.24) is 0 Å². The van der Waals surface area contributed by atoms with E-state index in [0.717, 1.165) is 19.3 Å². The highest BCUT2D eigenvalue weighted by atomic mass is 16.1. The lowest BCUT2D eigenvalue weighted by molar-refractivity contribution is -0.117. The summed E-state index contributed by atoms with van der Waals surface area (Å²) in [6.07, 6.45) is 4.92. The van der Waals surface area contributed by atoms with Crippen LogP contribution < -0.4 is 0 Å². The quantitative estimate of drug-likeness (QED) is 0.509. The summed E-state index contributed by atoms with van der Waals surface area (Å²) in [4.78, 5) is 10.3. The third-order valence-corrected chi connectivity index (χ3v) is 1.02. The molecule has 0 fully saturated rings. The van der Waals surface area contributed by atoms with E-state index in [0.29, 0.717) is 5.78 Å². The van der Waals surface area contributed by atoms with Crippen molar-refractivity contribution in [3.05, 3.63) is 6.42 Å². The van der Waals surface area contributed by atoms with E-state index in [9.17, 15) is 4.79 Å². The Bertz CT molecular complexity index is 66.8. The predicted octanol–water partition coefficient (Wildman–Crippen LogP) is 1.97. The van der Waals surface area contributed by atoms with Gasteiger partial charge in [-0.15, -0.1) is 0 Å². The van der Waals surface area contributed by atoms with Crippen molar-refractivity contribution in [3.63, 3.8) is 0 Å². The lowest BCUT2D eigenvalue weighted by atomic mass is 10.2. The molecule has 0 atom stereocenters. The Morgan fingerprint density at radius 1 is 1.62 bits per heavy atom. The molecule has 0 N–H and O–H groups in total. The highest BCUT2D eigenvalue weighted by Crippen LogP contribution is 1.97. The standard InChI is InChI=1S/C7H13O/c1-3-4-5-6-7(2)8/h3H,4-6H2,1-2H3. The molecule has 1 heteroatoms. The Morgan fingerprint density at radius 2 is 2.25 bits per heavy atom. The van der Waals surface area contributed by atoms with Crippen LogP contribution in [0.1, 0.15) is 33.1 Å². The summed E-state index contributed by atoms with van der Waals surface area (Å²) in [7, 11) is 0. The molecule has 0 amide bonds. The second-order valence-corrected chi connectivity index (χ2v) is 2.00. The number of ketones is 1. The van der Waals surface area contributed by atoms with Gasteiger partial charge in [-0.25, -0.2) is 0 Å². The van der Waals surface area contributed by atoms with Gasteiger partial charge in [0.25, 0.3) is 0 Å². The van der Waals surface area contributed by atoms with E-state index in [2.05, 4.69) is 6.42 Å². The van der Waals surface area contributed by atoms with Crippen LogP contribution in [0.2, 0.25) is 0 Å². The minimum atomic E-state index is 0.298. The first-order chi connectivity index (χ1) is 3.77. The van der Waals surface area contributed by atoms with E-state index in [1.165, 1.54) is 0 Å². The molecular weight excluding hydrogens is 100 g/mol. The largest absolute Gasteiger partial charge is 0.300 e. The van der Waals surface area contributed by atoms with Crippen LogP contribution in [0.5, 0.6) is 0 Å². The monoisotopic (exact) mass is 113 g/mol. The zero-order chi connectivity index (χ0) is 6.41. The smallest absolute Gasteiger partial charge is 0.129 e. The van der Waals surface area contributed by atoms with Crippen LogP contribution in [0.3, 0.4) is 0 Å². The van der Waals surface area contributed by atoms with Crippen molar-refractivity contribution in [1.29, 1.82) is 0 Å². The summed E-state index contributed by atoms with van der Waals surface area (Å²) in [5.41, 5.74) is 0. The molecule has 0 aromatic carbocycles. The van der Waals surface area contributed by atoms with Crippen LogP contribution in [0.25, 0.3) is 0 Å². The molecule has 47 valence electrons. The molecule has 0 aliphatic rings. The van der Waals surface area contributed by atoms with E-state index in [4.69, 9.17) is 0 Å². The van der Waals surface area contributed by atoms with E-state index >= 15 is 0 Å². The molecule has 0 saturated carbocycles. The maximum Gasteiger partial charge on any atom is 0.129 e. The number of carbonyl (C=O) groups is 1. The van der Waals surface area contributed by atoms with Gasteiger partial charge in [-0.05, 0) is 19.8 Å². The minimum absolute atomic E-state index is 0.298. The zero-order valence-electron chi connectivity index (χ0n) is 5.61. The van der Waals surface area contributed by atoms with E-state index in [1.807, 2.05) is 6.92 Å². The number of Topliss-reactive ketones (excluding diaryl/α,β-unsaturated/α-hetero) is 1. The van der Waals surface area contributed by atoms with Crippen LogP contribution in [-0.2, 0) is 4.79 Å². The average molecular weight is 113 g/mol. The summed E-state index contributed by atoms with van der Waals surface area (Å²) in [5, 5.41) is 0. The van der Waals surface area contributed by atoms with Crippen molar-refractivity contribution in [2.24, 2.45) is 0 Å². The molecule has 0 heterocycles. The minimum Gasteiger partial charge on any atom is -0.300 e. The lowest BCUT2D eigenvalue weighted by Crippen LogP contribution is -1.87. The van der Waals surface area contributed by atoms with Gasteiger partial charge in [0.15, 0.2) is 0 Å². The first-order valence-electron chi connectivity index (χ1n) is 3.04. The van der Waals surface area contributed by atoms with E-state index < -0.39 is 0 Å². The van der Waals surface area contributed by atoms with Crippen LogP contribution in [0, 0.1) is 6.42 Å². The highest BCUT2D eigenvalue weighted by Gasteiger charge is 1.89. The lowest BCUT2D eigenvalue weighted by Gasteiger charge is -1.90. The van der Waals surface area contributed by atoms with Crippen molar-refractivity contribution in [3.8, 4) is 0 Å². The fourth-order valence-electron chi connectivity index (χ4n) is 0.555. The Balaban J connectivity index is 2.82. The molecule has 0 rings (SSSR count). The molecule has 8 heavy (non-hydrogen) atoms. The first kappa shape index (κ1) is 7.67. The van der Waals surface area contributed by atoms with Crippen molar-refractivity contribution < 1.29 is 4.79 Å². The van der Waals surface area contributed by atoms with Gasteiger partial charge in [0.1, 0.15) is 5.78 Å². The van der Waals surface area contributed by atoms with Crippen molar-refractivity contribution in [2.45, 2.75) is 33.1 Å². The third kappa shape index (κ3) is 5.67. The Kier molecular flexibility index (Phi) is 4.62. The van der Waals surface area contributed by atoms with E-state index in [-0.39, 0.29) is 0 Å². The fraction of sp³-hybridized carbons (Fsp3) is 0.714. The maximum atomic E-state index is 10.3. The van der Waals surface area contributed by atoms with Gasteiger partial charge in [0, 0.05) is 6.42 Å². The van der Waals surface area contributed by atoms with Crippen LogP contribution in [-0.4, -0.2) is 5.78 Å². The van der Waals surface area contributed by atoms with Crippen molar-refractivity contribution >= 4 is 5.78 Å². The number of rotatable bonds is 4. The van der Waals surface area contributed by atoms with Crippen molar-refractivity contribution in [2.75, 3.05) is 0 Å². The van der Waals surface area contributed by atoms with Gasteiger partial charge < -0.3 is 4.79 Å². The second-order valence-electron chi connectivity index (χ2n) is 2.00. The number of carbonyl (C=O) groups excluding carboxylic acids is 1. The molecule has 0 saturated heterocycles. The van der Waals surface area contributed by atoms with Gasteiger partial charge in [-0.2, -0.15) is 0 Å². The summed E-state index contributed by atoms with van der Waals surface area (Å²) >= 11 is 0. The molecule has 0 spiro atoms. The number of unbranched alkanes of at least 4 members (excludes halogenated alkanes) is 2. The zero-order valence-corrected chi connectivity index (χ0v) is 5.61. The summed E-state index contributed by atoms with van der Waals surface area (Å²) in [6, 6.07) is 0. The molecule has 1 nitrogen and oxygen atoms in total. The highest BCUT2D eigenvalue weighted by molar-refractivity contribution is 5.75. The third-order valence-electron chi connectivity index (χ3n) is 1.02. The molecule has 0 aromatic heterocycles. The summed E-state index contributed by atoms with van der Waals surface area (Å²) in [5.74, 6) is 0.298. The van der Waals surface area contributed by atoms with Gasteiger partial charge in [0.2, 0.25) is 0 Å². The SMILES string of the molecule is C[CH]CCCC(C)=O. The van der Waals surface area contributed by atoms with Crippen LogP contribution >= 0.6 is 0 Å². The molecule has 0 aromatic rings. The summed E-state index contributed by atoms with van der Waals surface area (Å²) < 4.78 is 0. The van der Waals surface area contributed by atoms with Gasteiger partial charge in [-0.3, -0.25) is 0 Å². The molecule has 0 aliphatic heterocycles. The Hall–Kier alpha value is -0.330. The number of hydrogen-bond donors (Lipinski definition) is 0. The van der Waals surface area contributed by atoms with Crippen LogP contribution in [0.15, 0.2) is 0 Å². The van der Waals surface area contributed by atoms with Gasteiger partial charge >= 0.3 is 0 Å². The molecule has 1 radical (unpaired) electrons.